The molecule has 16 heteroatoms. The maximum atomic E-state index is 14.3. The van der Waals surface area contributed by atoms with E-state index in [-0.39, 0.29) is 12.0 Å². The number of rotatable bonds is 7. The van der Waals surface area contributed by atoms with Gasteiger partial charge < -0.3 is 4.74 Å². The van der Waals surface area contributed by atoms with Crippen molar-refractivity contribution >= 4 is 16.7 Å². The minimum Gasteiger partial charge on any atom is -0.497 e. The van der Waals surface area contributed by atoms with Crippen LogP contribution >= 0.6 is 0 Å². The zero-order valence-corrected chi connectivity index (χ0v) is 25.7. The molecule has 0 saturated heterocycles. The topological polar surface area (TPSA) is 9.23 Å². The van der Waals surface area contributed by atoms with Crippen molar-refractivity contribution in [3.63, 3.8) is 0 Å². The van der Waals surface area contributed by atoms with Crippen molar-refractivity contribution < 1.29 is 70.6 Å². The summed E-state index contributed by atoms with van der Waals surface area (Å²) in [7, 11) is 1.34. The third-order valence-electron chi connectivity index (χ3n) is 8.17. The van der Waals surface area contributed by atoms with Crippen molar-refractivity contribution in [3.05, 3.63) is 107 Å². The smallest absolute Gasteiger partial charge is 0.416 e. The van der Waals surface area contributed by atoms with Gasteiger partial charge in [0.2, 0.25) is 0 Å². The van der Waals surface area contributed by atoms with Crippen LogP contribution in [-0.4, -0.2) is 42.6 Å². The van der Waals surface area contributed by atoms with Crippen molar-refractivity contribution in [1.29, 1.82) is 0 Å². The molecule has 1 nitrogen and oxygen atoms in total. The van der Waals surface area contributed by atoms with E-state index in [4.69, 9.17) is 4.74 Å². The quantitative estimate of drug-likeness (QED) is 0.220. The molecule has 0 saturated carbocycles. The van der Waals surface area contributed by atoms with Gasteiger partial charge in [0.05, 0.1) is 12.7 Å². The molecule has 0 unspecified atom stereocenters. The molecule has 0 fully saturated rings. The second-order valence-corrected chi connectivity index (χ2v) is 11.3. The predicted octanol–water partition coefficient (Wildman–Crippen LogP) is 12.1. The summed E-state index contributed by atoms with van der Waals surface area (Å²) in [6.07, 6.45) is -4.76. The molecule has 0 N–H and O–H groups in total. The minimum absolute atomic E-state index is 0.122. The van der Waals surface area contributed by atoms with E-state index in [0.717, 1.165) is 24.3 Å². The highest BCUT2D eigenvalue weighted by Crippen LogP contribution is 2.65. The van der Waals surface area contributed by atoms with Crippen molar-refractivity contribution in [2.24, 2.45) is 0 Å². The van der Waals surface area contributed by atoms with Crippen LogP contribution in [0.4, 0.5) is 65.9 Å². The molecule has 0 aliphatic heterocycles. The van der Waals surface area contributed by atoms with E-state index in [2.05, 4.69) is 0 Å². The number of hydrogen-bond acceptors (Lipinski definition) is 1. The molecule has 3 aromatic rings. The number of alkyl halides is 15. The van der Waals surface area contributed by atoms with Crippen LogP contribution < -0.4 is 4.74 Å². The van der Waals surface area contributed by atoms with E-state index in [1.807, 2.05) is 0 Å². The highest BCUT2D eigenvalue weighted by atomic mass is 19.4. The van der Waals surface area contributed by atoms with Crippen LogP contribution in [0.1, 0.15) is 48.4 Å². The lowest BCUT2D eigenvalue weighted by Crippen LogP contribution is -2.49. The van der Waals surface area contributed by atoms with Crippen molar-refractivity contribution in [1.82, 2.24) is 0 Å². The maximum absolute atomic E-state index is 14.3. The van der Waals surface area contributed by atoms with Gasteiger partial charge in [0.15, 0.2) is 0 Å². The van der Waals surface area contributed by atoms with Crippen LogP contribution in [0.5, 0.6) is 5.75 Å². The fraction of sp³-hybridized carbons (Fsp3) is 0.353. The molecule has 2 aliphatic carbocycles. The lowest BCUT2D eigenvalue weighted by Gasteiger charge is -2.25. The molecule has 0 bridgehead atoms. The Morgan fingerprint density at radius 1 is 0.520 bits per heavy atom. The normalized spacial score (nSPS) is 21.1. The Kier molecular flexibility index (Phi) is 9.98. The monoisotopic (exact) mass is 734 g/mol. The van der Waals surface area contributed by atoms with Gasteiger partial charge in [-0.2, -0.15) is 65.9 Å². The summed E-state index contributed by atoms with van der Waals surface area (Å²) in [6, 6.07) is 12.1. The first-order valence-electron chi connectivity index (χ1n) is 14.6. The number of methoxy groups -OCH3 is 1. The lowest BCUT2D eigenvalue weighted by atomic mass is 9.94. The third-order valence-corrected chi connectivity index (χ3v) is 8.17. The maximum Gasteiger partial charge on any atom is 0.416 e. The van der Waals surface area contributed by atoms with Crippen LogP contribution in [-0.2, 0) is 6.18 Å². The summed E-state index contributed by atoms with van der Waals surface area (Å²) in [5, 5.41) is 0. The van der Waals surface area contributed by atoms with Gasteiger partial charge in [-0.3, -0.25) is 0 Å². The Morgan fingerprint density at radius 2 is 0.920 bits per heavy atom. The van der Waals surface area contributed by atoms with E-state index in [9.17, 15) is 65.9 Å². The van der Waals surface area contributed by atoms with Crippen LogP contribution in [0.25, 0.3) is 16.7 Å². The molecule has 5 rings (SSSR count). The Labute approximate surface area is 275 Å². The number of allylic oxidation sites excluding steroid dienone is 4. The number of halogens is 15. The van der Waals surface area contributed by atoms with E-state index >= 15 is 0 Å². The summed E-state index contributed by atoms with van der Waals surface area (Å²) in [5.74, 6) is -31.2. The first kappa shape index (κ1) is 38.7. The Morgan fingerprint density at radius 3 is 1.36 bits per heavy atom. The van der Waals surface area contributed by atoms with E-state index in [1.165, 1.54) is 37.4 Å². The highest BCUT2D eigenvalue weighted by molar-refractivity contribution is 6.01. The van der Waals surface area contributed by atoms with E-state index in [1.54, 1.807) is 6.92 Å². The SMILES string of the molecule is CCCCC1=C(c2ccc(OC)cc2)C(F)(F)C(F)(F)C1(F)F.FC(F)(F)c1ccc(C2=C(c3ccccc3)C(F)(F)C(F)(F)C2(F)F)cc1. The Hall–Kier alpha value is -4.11. The van der Waals surface area contributed by atoms with Crippen molar-refractivity contribution in [2.75, 3.05) is 7.11 Å². The second kappa shape index (κ2) is 12.9. The molecule has 0 heterocycles. The molecular formula is C34H25F15O. The molecule has 0 spiro atoms. The lowest BCUT2D eigenvalue weighted by molar-refractivity contribution is -0.260. The first-order chi connectivity index (χ1) is 22.9. The number of hydrogen-bond donors (Lipinski definition) is 0. The van der Waals surface area contributed by atoms with Gasteiger partial charge in [0.25, 0.3) is 0 Å². The molecule has 3 aromatic carbocycles. The molecule has 0 radical (unpaired) electrons. The Bertz CT molecular complexity index is 1740. The average molecular weight is 735 g/mol. The van der Waals surface area contributed by atoms with Crippen molar-refractivity contribution in [3.8, 4) is 5.75 Å². The molecule has 50 heavy (non-hydrogen) atoms. The summed E-state index contributed by atoms with van der Waals surface area (Å²) < 4.78 is 211. The minimum atomic E-state index is -5.75. The second-order valence-electron chi connectivity index (χ2n) is 11.3. The van der Waals surface area contributed by atoms with Gasteiger partial charge in [-0.15, -0.1) is 0 Å². The van der Waals surface area contributed by atoms with Gasteiger partial charge in [-0.05, 0) is 53.8 Å². The van der Waals surface area contributed by atoms with Gasteiger partial charge in [-0.1, -0.05) is 67.9 Å². The van der Waals surface area contributed by atoms with Crippen LogP contribution in [0.15, 0.2) is 84.4 Å². The van der Waals surface area contributed by atoms with Crippen LogP contribution in [0.3, 0.4) is 0 Å². The number of ether oxygens (including phenoxy) is 1. The molecule has 272 valence electrons. The van der Waals surface area contributed by atoms with Gasteiger partial charge >= 0.3 is 41.7 Å². The molecular weight excluding hydrogens is 709 g/mol. The number of benzene rings is 3. The zero-order chi connectivity index (χ0) is 37.7. The predicted molar refractivity (Wildman–Crippen MR) is 154 cm³/mol. The van der Waals surface area contributed by atoms with Gasteiger partial charge in [0, 0.05) is 22.3 Å². The Balaban J connectivity index is 0.000000228. The van der Waals surface area contributed by atoms with Gasteiger partial charge in [0.1, 0.15) is 5.75 Å². The van der Waals surface area contributed by atoms with Crippen LogP contribution in [0, 0.1) is 0 Å². The molecule has 0 amide bonds. The molecule has 0 atom stereocenters. The van der Waals surface area contributed by atoms with E-state index in [0.29, 0.717) is 36.4 Å². The fourth-order valence-electron chi connectivity index (χ4n) is 5.55. The average Bonchev–Trinajstić information content (AvgIpc) is 3.23. The third kappa shape index (κ3) is 6.01. The largest absolute Gasteiger partial charge is 0.497 e. The standard InChI is InChI=1S/C18H9F9.C16H16F6O/c19-15(20)13(10-4-2-1-3-5-10)14(16(21,22)18(15,26)27)11-6-8-12(9-7-11)17(23,24)25;1-3-4-5-12-13(10-6-8-11(23-2)9-7-10)15(19,20)16(21,22)14(12,17)18/h1-9H;6-9H,3-5H2,1-2H3. The van der Waals surface area contributed by atoms with E-state index < -0.39 is 87.1 Å². The van der Waals surface area contributed by atoms with Crippen LogP contribution in [0.2, 0.25) is 0 Å². The molecule has 2 aliphatic rings. The number of unbranched alkanes of at least 4 members (excludes halogenated alkanes) is 1. The summed E-state index contributed by atoms with van der Waals surface area (Å²) in [5.41, 5.74) is -8.76. The first-order valence-corrected chi connectivity index (χ1v) is 14.6. The highest BCUT2D eigenvalue weighted by Gasteiger charge is 2.81. The van der Waals surface area contributed by atoms with Crippen molar-refractivity contribution in [2.45, 2.75) is 67.9 Å². The zero-order valence-electron chi connectivity index (χ0n) is 25.7. The van der Waals surface area contributed by atoms with Gasteiger partial charge in [-0.25, -0.2) is 0 Å². The fourth-order valence-corrected chi connectivity index (χ4v) is 5.55. The molecule has 0 aromatic heterocycles. The summed E-state index contributed by atoms with van der Waals surface area (Å²) in [4.78, 5) is 0. The summed E-state index contributed by atoms with van der Waals surface area (Å²) >= 11 is 0. The summed E-state index contributed by atoms with van der Waals surface area (Å²) in [6.45, 7) is 1.66.